The van der Waals surface area contributed by atoms with E-state index in [1.807, 2.05) is 6.92 Å². The standard InChI is InChI=1S/C8H15ClO2/c1-2-10-3-4-11-8-5-7(9)6-8/h7-8H,2-6H2,1H3. The summed E-state index contributed by atoms with van der Waals surface area (Å²) in [4.78, 5) is 0. The van der Waals surface area contributed by atoms with Gasteiger partial charge in [0.1, 0.15) is 0 Å². The molecule has 1 saturated carbocycles. The molecule has 11 heavy (non-hydrogen) atoms. The van der Waals surface area contributed by atoms with E-state index in [0.717, 1.165) is 19.4 Å². The lowest BCUT2D eigenvalue weighted by atomic mass is 9.95. The second-order valence-corrected chi connectivity index (χ2v) is 3.38. The van der Waals surface area contributed by atoms with Gasteiger partial charge in [-0.05, 0) is 19.8 Å². The molecule has 3 heteroatoms. The highest BCUT2D eigenvalue weighted by Crippen LogP contribution is 2.27. The van der Waals surface area contributed by atoms with E-state index in [2.05, 4.69) is 0 Å². The van der Waals surface area contributed by atoms with Gasteiger partial charge in [-0.2, -0.15) is 0 Å². The minimum atomic E-state index is 0.354. The summed E-state index contributed by atoms with van der Waals surface area (Å²) in [6.07, 6.45) is 2.42. The van der Waals surface area contributed by atoms with E-state index in [1.54, 1.807) is 0 Å². The van der Waals surface area contributed by atoms with Crippen LogP contribution in [0.4, 0.5) is 0 Å². The van der Waals surface area contributed by atoms with E-state index >= 15 is 0 Å². The zero-order valence-electron chi connectivity index (χ0n) is 6.88. The van der Waals surface area contributed by atoms with E-state index < -0.39 is 0 Å². The second-order valence-electron chi connectivity index (χ2n) is 2.76. The summed E-state index contributed by atoms with van der Waals surface area (Å²) in [6, 6.07) is 0. The van der Waals surface area contributed by atoms with Crippen LogP contribution in [-0.4, -0.2) is 31.3 Å². The van der Waals surface area contributed by atoms with Gasteiger partial charge < -0.3 is 9.47 Å². The first-order chi connectivity index (χ1) is 5.33. The van der Waals surface area contributed by atoms with Gasteiger partial charge in [0, 0.05) is 12.0 Å². The fourth-order valence-electron chi connectivity index (χ4n) is 1.06. The van der Waals surface area contributed by atoms with Crippen molar-refractivity contribution in [3.8, 4) is 0 Å². The molecular formula is C8H15ClO2. The molecule has 2 nitrogen and oxygen atoms in total. The lowest BCUT2D eigenvalue weighted by Crippen LogP contribution is -2.32. The minimum absolute atomic E-state index is 0.354. The summed E-state index contributed by atoms with van der Waals surface area (Å²) in [5.41, 5.74) is 0. The van der Waals surface area contributed by atoms with Crippen molar-refractivity contribution >= 4 is 11.6 Å². The molecule has 0 saturated heterocycles. The maximum absolute atomic E-state index is 5.77. The van der Waals surface area contributed by atoms with Gasteiger partial charge in [-0.3, -0.25) is 0 Å². The molecule has 0 heterocycles. The smallest absolute Gasteiger partial charge is 0.0704 e. The Bertz CT molecular complexity index is 102. The van der Waals surface area contributed by atoms with Crippen LogP contribution in [0, 0.1) is 0 Å². The van der Waals surface area contributed by atoms with Crippen LogP contribution in [0.25, 0.3) is 0 Å². The molecule has 0 aromatic carbocycles. The number of hydrogen-bond donors (Lipinski definition) is 0. The van der Waals surface area contributed by atoms with E-state index in [-0.39, 0.29) is 0 Å². The third-order valence-corrected chi connectivity index (χ3v) is 2.18. The monoisotopic (exact) mass is 178 g/mol. The zero-order valence-corrected chi connectivity index (χ0v) is 7.64. The highest BCUT2D eigenvalue weighted by molar-refractivity contribution is 6.21. The summed E-state index contributed by atoms with van der Waals surface area (Å²) < 4.78 is 10.6. The van der Waals surface area contributed by atoms with Crippen LogP contribution in [0.1, 0.15) is 19.8 Å². The predicted molar refractivity (Wildman–Crippen MR) is 45.1 cm³/mol. The SMILES string of the molecule is CCOCCOC1CC(Cl)C1. The molecule has 66 valence electrons. The summed E-state index contributed by atoms with van der Waals surface area (Å²) in [5, 5.41) is 0.354. The summed E-state index contributed by atoms with van der Waals surface area (Å²) in [5.74, 6) is 0. The number of halogens is 1. The van der Waals surface area contributed by atoms with Crippen LogP contribution in [0.15, 0.2) is 0 Å². The number of rotatable bonds is 5. The largest absolute Gasteiger partial charge is 0.379 e. The Labute approximate surface area is 72.8 Å². The molecular weight excluding hydrogens is 164 g/mol. The van der Waals surface area contributed by atoms with Crippen molar-refractivity contribution < 1.29 is 9.47 Å². The van der Waals surface area contributed by atoms with E-state index in [4.69, 9.17) is 21.1 Å². The van der Waals surface area contributed by atoms with Gasteiger partial charge in [0.25, 0.3) is 0 Å². The van der Waals surface area contributed by atoms with Crippen LogP contribution < -0.4 is 0 Å². The Morgan fingerprint density at radius 1 is 1.36 bits per heavy atom. The molecule has 0 bridgehead atoms. The maximum atomic E-state index is 5.77. The molecule has 0 aromatic rings. The van der Waals surface area contributed by atoms with E-state index in [9.17, 15) is 0 Å². The lowest BCUT2D eigenvalue weighted by Gasteiger charge is -2.30. The van der Waals surface area contributed by atoms with Gasteiger partial charge in [-0.15, -0.1) is 11.6 Å². The summed E-state index contributed by atoms with van der Waals surface area (Å²) in [7, 11) is 0. The molecule has 1 aliphatic rings. The molecule has 0 spiro atoms. The molecule has 0 unspecified atom stereocenters. The van der Waals surface area contributed by atoms with Crippen LogP contribution in [0.3, 0.4) is 0 Å². The normalized spacial score (nSPS) is 30.0. The fraction of sp³-hybridized carbons (Fsp3) is 1.00. The summed E-state index contributed by atoms with van der Waals surface area (Å²) in [6.45, 7) is 4.17. The van der Waals surface area contributed by atoms with Gasteiger partial charge in [-0.1, -0.05) is 0 Å². The highest BCUT2D eigenvalue weighted by Gasteiger charge is 2.27. The Kier molecular flexibility index (Phi) is 4.20. The van der Waals surface area contributed by atoms with Gasteiger partial charge >= 0.3 is 0 Å². The van der Waals surface area contributed by atoms with Crippen LogP contribution in [-0.2, 0) is 9.47 Å². The van der Waals surface area contributed by atoms with Crippen molar-refractivity contribution in [3.05, 3.63) is 0 Å². The van der Waals surface area contributed by atoms with E-state index in [1.165, 1.54) is 0 Å². The van der Waals surface area contributed by atoms with Crippen molar-refractivity contribution in [2.75, 3.05) is 19.8 Å². The first-order valence-electron chi connectivity index (χ1n) is 4.16. The van der Waals surface area contributed by atoms with Crippen molar-refractivity contribution in [3.63, 3.8) is 0 Å². The first kappa shape index (κ1) is 9.30. The minimum Gasteiger partial charge on any atom is -0.379 e. The van der Waals surface area contributed by atoms with Gasteiger partial charge in [0.15, 0.2) is 0 Å². The fourth-order valence-corrected chi connectivity index (χ4v) is 1.45. The Hall–Kier alpha value is 0.210. The highest BCUT2D eigenvalue weighted by atomic mass is 35.5. The molecule has 0 aromatic heterocycles. The molecule has 1 aliphatic carbocycles. The molecule has 0 radical (unpaired) electrons. The van der Waals surface area contributed by atoms with Crippen molar-refractivity contribution in [2.24, 2.45) is 0 Å². The lowest BCUT2D eigenvalue weighted by molar-refractivity contribution is -0.0251. The topological polar surface area (TPSA) is 18.5 Å². The number of ether oxygens (including phenoxy) is 2. The molecule has 0 N–H and O–H groups in total. The zero-order chi connectivity index (χ0) is 8.10. The number of hydrogen-bond acceptors (Lipinski definition) is 2. The Morgan fingerprint density at radius 2 is 2.09 bits per heavy atom. The third-order valence-electron chi connectivity index (χ3n) is 1.82. The van der Waals surface area contributed by atoms with Crippen molar-refractivity contribution in [1.29, 1.82) is 0 Å². The van der Waals surface area contributed by atoms with Crippen molar-refractivity contribution in [2.45, 2.75) is 31.2 Å². The van der Waals surface area contributed by atoms with Gasteiger partial charge in [0.2, 0.25) is 0 Å². The molecule has 0 aliphatic heterocycles. The third kappa shape index (κ3) is 3.41. The van der Waals surface area contributed by atoms with Crippen LogP contribution in [0.5, 0.6) is 0 Å². The molecule has 1 fully saturated rings. The Morgan fingerprint density at radius 3 is 2.64 bits per heavy atom. The van der Waals surface area contributed by atoms with Crippen LogP contribution in [0.2, 0.25) is 0 Å². The molecule has 0 atom stereocenters. The van der Waals surface area contributed by atoms with Crippen molar-refractivity contribution in [1.82, 2.24) is 0 Å². The quantitative estimate of drug-likeness (QED) is 0.472. The average Bonchev–Trinajstić information content (AvgIpc) is 1.94. The molecule has 1 rings (SSSR count). The van der Waals surface area contributed by atoms with Gasteiger partial charge in [-0.25, -0.2) is 0 Å². The van der Waals surface area contributed by atoms with Gasteiger partial charge in [0.05, 0.1) is 19.3 Å². The Balaban J connectivity index is 1.81. The average molecular weight is 179 g/mol. The number of alkyl halides is 1. The first-order valence-corrected chi connectivity index (χ1v) is 4.60. The van der Waals surface area contributed by atoms with Crippen LogP contribution >= 0.6 is 11.6 Å². The summed E-state index contributed by atoms with van der Waals surface area (Å²) >= 11 is 5.77. The second kappa shape index (κ2) is 4.96. The molecule has 0 amide bonds. The maximum Gasteiger partial charge on any atom is 0.0704 e. The predicted octanol–water partition coefficient (Wildman–Crippen LogP) is 1.81. The van der Waals surface area contributed by atoms with E-state index in [0.29, 0.717) is 24.7 Å².